The molecule has 0 bridgehead atoms. The Balaban J connectivity index is 1.26. The van der Waals surface area contributed by atoms with Crippen molar-refractivity contribution < 1.29 is 14.3 Å². The highest BCUT2D eigenvalue weighted by Crippen LogP contribution is 2.41. The molecule has 0 radical (unpaired) electrons. The Morgan fingerprint density at radius 2 is 1.97 bits per heavy atom. The molecule has 2 fully saturated rings. The van der Waals surface area contributed by atoms with Crippen LogP contribution in [0.4, 0.5) is 0 Å². The smallest absolute Gasteiger partial charge is 0.228 e. The number of rotatable bonds is 4. The molecule has 5 rings (SSSR count). The maximum absolute atomic E-state index is 13.0. The van der Waals surface area contributed by atoms with Crippen molar-refractivity contribution in [3.8, 4) is 11.5 Å². The third-order valence-electron chi connectivity index (χ3n) is 6.60. The number of imidazole rings is 1. The van der Waals surface area contributed by atoms with Crippen LogP contribution in [0.3, 0.4) is 0 Å². The SMILES string of the molecule is Cc1oc(-c2ccccc2)nc1CC(=O)N1C[C@H]2C[C@@H](n3ccnc3)[C@H](O)C[C@H]2C1. The van der Waals surface area contributed by atoms with Gasteiger partial charge in [-0.05, 0) is 43.7 Å². The summed E-state index contributed by atoms with van der Waals surface area (Å²) in [6.07, 6.45) is 6.85. The van der Waals surface area contributed by atoms with E-state index in [1.165, 1.54) is 0 Å². The predicted octanol–water partition coefficient (Wildman–Crippen LogP) is 2.86. The molecule has 4 atom stereocenters. The summed E-state index contributed by atoms with van der Waals surface area (Å²) in [5, 5.41) is 10.6. The van der Waals surface area contributed by atoms with Crippen LogP contribution in [0.2, 0.25) is 0 Å². The molecule has 1 aliphatic carbocycles. The van der Waals surface area contributed by atoms with Crippen LogP contribution in [0.25, 0.3) is 11.5 Å². The van der Waals surface area contributed by atoms with E-state index < -0.39 is 6.10 Å². The highest BCUT2D eigenvalue weighted by atomic mass is 16.4. The predicted molar refractivity (Wildman–Crippen MR) is 110 cm³/mol. The number of aliphatic hydroxyl groups excluding tert-OH is 1. The van der Waals surface area contributed by atoms with Gasteiger partial charge in [-0.15, -0.1) is 0 Å². The molecule has 0 spiro atoms. The molecule has 1 aliphatic heterocycles. The molecule has 2 aromatic heterocycles. The quantitative estimate of drug-likeness (QED) is 0.720. The molecule has 3 heterocycles. The average molecular weight is 406 g/mol. The zero-order chi connectivity index (χ0) is 20.7. The van der Waals surface area contributed by atoms with E-state index in [0.29, 0.717) is 35.7 Å². The highest BCUT2D eigenvalue weighted by Gasteiger charge is 2.43. The number of hydrogen-bond acceptors (Lipinski definition) is 5. The fraction of sp³-hybridized carbons (Fsp3) is 0.435. The Labute approximate surface area is 175 Å². The van der Waals surface area contributed by atoms with Crippen molar-refractivity contribution in [2.45, 2.75) is 38.3 Å². The molecule has 1 saturated heterocycles. The van der Waals surface area contributed by atoms with Crippen molar-refractivity contribution >= 4 is 5.91 Å². The minimum atomic E-state index is -0.401. The maximum atomic E-state index is 13.0. The van der Waals surface area contributed by atoms with Crippen molar-refractivity contribution in [1.82, 2.24) is 19.4 Å². The molecule has 0 unspecified atom stereocenters. The number of carbonyl (C=O) groups excluding carboxylic acids is 1. The van der Waals surface area contributed by atoms with Gasteiger partial charge in [0.15, 0.2) is 0 Å². The van der Waals surface area contributed by atoms with E-state index in [1.54, 1.807) is 12.5 Å². The standard InChI is InChI=1S/C23H26N4O3/c1-15-19(25-23(30-15)16-5-3-2-4-6-16)11-22(29)27-12-17-9-20(26-8-7-24-14-26)21(28)10-18(17)13-27/h2-8,14,17-18,20-21,28H,9-13H2,1H3/t17-,18+,20-,21-/m1/s1. The second kappa shape index (κ2) is 7.72. The molecule has 156 valence electrons. The lowest BCUT2D eigenvalue weighted by Crippen LogP contribution is -2.35. The summed E-state index contributed by atoms with van der Waals surface area (Å²) in [4.78, 5) is 23.6. The zero-order valence-corrected chi connectivity index (χ0v) is 17.0. The van der Waals surface area contributed by atoms with Crippen LogP contribution in [0.1, 0.15) is 30.3 Å². The Bertz CT molecular complexity index is 1010. The van der Waals surface area contributed by atoms with Crippen LogP contribution in [0.5, 0.6) is 0 Å². The lowest BCUT2D eigenvalue weighted by Gasteiger charge is -2.35. The van der Waals surface area contributed by atoms with Gasteiger partial charge in [0.25, 0.3) is 0 Å². The van der Waals surface area contributed by atoms with E-state index in [0.717, 1.165) is 24.9 Å². The monoisotopic (exact) mass is 406 g/mol. The molecule has 2 aliphatic rings. The zero-order valence-electron chi connectivity index (χ0n) is 17.0. The Morgan fingerprint density at radius 1 is 1.20 bits per heavy atom. The molecule has 1 saturated carbocycles. The Kier molecular flexibility index (Phi) is 4.90. The summed E-state index contributed by atoms with van der Waals surface area (Å²) < 4.78 is 7.80. The van der Waals surface area contributed by atoms with E-state index in [1.807, 2.05) is 52.9 Å². The minimum absolute atomic E-state index is 0.0371. The summed E-state index contributed by atoms with van der Waals surface area (Å²) >= 11 is 0. The number of aromatic nitrogens is 3. The number of aliphatic hydroxyl groups is 1. The summed E-state index contributed by atoms with van der Waals surface area (Å²) in [6.45, 7) is 3.31. The van der Waals surface area contributed by atoms with E-state index in [4.69, 9.17) is 4.42 Å². The molecule has 3 aromatic rings. The number of likely N-dealkylation sites (tertiary alicyclic amines) is 1. The summed E-state index contributed by atoms with van der Waals surface area (Å²) in [5.41, 5.74) is 1.61. The van der Waals surface area contributed by atoms with Crippen LogP contribution >= 0.6 is 0 Å². The van der Waals surface area contributed by atoms with Crippen LogP contribution < -0.4 is 0 Å². The number of oxazole rings is 1. The summed E-state index contributed by atoms with van der Waals surface area (Å²) in [5.74, 6) is 2.07. The summed E-state index contributed by atoms with van der Waals surface area (Å²) in [6, 6.07) is 9.77. The molecule has 1 N–H and O–H groups in total. The number of benzene rings is 1. The van der Waals surface area contributed by atoms with E-state index >= 15 is 0 Å². The van der Waals surface area contributed by atoms with E-state index in [9.17, 15) is 9.90 Å². The van der Waals surface area contributed by atoms with E-state index in [2.05, 4.69) is 9.97 Å². The number of carbonyl (C=O) groups is 1. The van der Waals surface area contributed by atoms with Gasteiger partial charge in [-0.25, -0.2) is 9.97 Å². The van der Waals surface area contributed by atoms with Crippen molar-refractivity contribution in [3.63, 3.8) is 0 Å². The fourth-order valence-corrected chi connectivity index (χ4v) is 4.95. The minimum Gasteiger partial charge on any atom is -0.441 e. The third kappa shape index (κ3) is 3.54. The molecule has 30 heavy (non-hydrogen) atoms. The molecular weight excluding hydrogens is 380 g/mol. The lowest BCUT2D eigenvalue weighted by atomic mass is 9.77. The van der Waals surface area contributed by atoms with Gasteiger partial charge >= 0.3 is 0 Å². The van der Waals surface area contributed by atoms with Gasteiger partial charge in [-0.2, -0.15) is 0 Å². The second-order valence-electron chi connectivity index (χ2n) is 8.50. The number of nitrogens with zero attached hydrogens (tertiary/aromatic N) is 4. The lowest BCUT2D eigenvalue weighted by molar-refractivity contribution is -0.129. The number of amides is 1. The Morgan fingerprint density at radius 3 is 2.70 bits per heavy atom. The first-order chi connectivity index (χ1) is 14.6. The summed E-state index contributed by atoms with van der Waals surface area (Å²) in [7, 11) is 0. The van der Waals surface area contributed by atoms with Crippen LogP contribution in [0, 0.1) is 18.8 Å². The van der Waals surface area contributed by atoms with Gasteiger partial charge in [0, 0.05) is 31.0 Å². The van der Waals surface area contributed by atoms with Gasteiger partial charge in [-0.3, -0.25) is 4.79 Å². The van der Waals surface area contributed by atoms with E-state index in [-0.39, 0.29) is 18.4 Å². The van der Waals surface area contributed by atoms with Crippen molar-refractivity contribution in [1.29, 1.82) is 0 Å². The largest absolute Gasteiger partial charge is 0.441 e. The number of aryl methyl sites for hydroxylation is 1. The van der Waals surface area contributed by atoms with Gasteiger partial charge in [0.1, 0.15) is 5.76 Å². The molecule has 7 nitrogen and oxygen atoms in total. The average Bonchev–Trinajstić information content (AvgIpc) is 3.48. The first-order valence-electron chi connectivity index (χ1n) is 10.5. The Hall–Kier alpha value is -2.93. The van der Waals surface area contributed by atoms with Crippen molar-refractivity contribution in [2.24, 2.45) is 11.8 Å². The fourth-order valence-electron chi connectivity index (χ4n) is 4.95. The van der Waals surface area contributed by atoms with Crippen LogP contribution in [-0.2, 0) is 11.2 Å². The van der Waals surface area contributed by atoms with Gasteiger partial charge in [0.2, 0.25) is 11.8 Å². The topological polar surface area (TPSA) is 84.4 Å². The van der Waals surface area contributed by atoms with Crippen LogP contribution in [-0.4, -0.2) is 49.6 Å². The van der Waals surface area contributed by atoms with Crippen LogP contribution in [0.15, 0.2) is 53.5 Å². The normalized spacial score (nSPS) is 26.0. The van der Waals surface area contributed by atoms with Crippen molar-refractivity contribution in [2.75, 3.05) is 13.1 Å². The highest BCUT2D eigenvalue weighted by molar-refractivity contribution is 5.79. The number of fused-ring (bicyclic) bond motifs is 1. The van der Waals surface area contributed by atoms with Crippen molar-refractivity contribution in [3.05, 3.63) is 60.5 Å². The third-order valence-corrected chi connectivity index (χ3v) is 6.60. The van der Waals surface area contributed by atoms with Gasteiger partial charge < -0.3 is 19.0 Å². The second-order valence-corrected chi connectivity index (χ2v) is 8.50. The first-order valence-corrected chi connectivity index (χ1v) is 10.5. The maximum Gasteiger partial charge on any atom is 0.228 e. The molecular formula is C23H26N4O3. The first kappa shape index (κ1) is 19.1. The number of hydrogen-bond donors (Lipinski definition) is 1. The van der Waals surface area contributed by atoms with Gasteiger partial charge in [-0.1, -0.05) is 18.2 Å². The molecule has 1 aromatic carbocycles. The molecule has 7 heteroatoms. The molecule has 1 amide bonds. The van der Waals surface area contributed by atoms with Gasteiger partial charge in [0.05, 0.1) is 30.6 Å².